The molecule has 1 atom stereocenters. The molecule has 10 nitrogen and oxygen atoms in total. The van der Waals surface area contributed by atoms with E-state index in [0.717, 1.165) is 24.0 Å². The van der Waals surface area contributed by atoms with E-state index in [2.05, 4.69) is 16.0 Å². The van der Waals surface area contributed by atoms with Crippen LogP contribution in [0.15, 0.2) is 48.5 Å². The Bertz CT molecular complexity index is 1190. The summed E-state index contributed by atoms with van der Waals surface area (Å²) < 4.78 is 42.2. The molecular weight excluding hydrogens is 557 g/mol. The third-order valence-corrected chi connectivity index (χ3v) is 6.53. The molecule has 3 rings (SSSR count). The van der Waals surface area contributed by atoms with E-state index in [9.17, 15) is 22.8 Å². The van der Waals surface area contributed by atoms with Crippen molar-refractivity contribution in [2.45, 2.75) is 57.2 Å². The summed E-state index contributed by atoms with van der Waals surface area (Å²) in [5.74, 6) is -1.88. The van der Waals surface area contributed by atoms with Crippen molar-refractivity contribution in [3.8, 4) is 11.5 Å². The summed E-state index contributed by atoms with van der Waals surface area (Å²) in [6, 6.07) is 14.2. The number of carbonyl (C=O) groups is 3. The maximum Gasteiger partial charge on any atom is 0.490 e. The molecule has 0 unspecified atom stereocenters. The number of ether oxygens (including phenoxy) is 2. The lowest BCUT2D eigenvalue weighted by Crippen LogP contribution is -2.53. The van der Waals surface area contributed by atoms with Crippen LogP contribution >= 0.6 is 0 Å². The number of benzene rings is 2. The monoisotopic (exact) mass is 594 g/mol. The van der Waals surface area contributed by atoms with Gasteiger partial charge in [-0.3, -0.25) is 20.3 Å². The maximum absolute atomic E-state index is 13.0. The number of amides is 2. The summed E-state index contributed by atoms with van der Waals surface area (Å²) in [6.07, 6.45) is 1.35. The second-order valence-electron chi connectivity index (χ2n) is 9.73. The van der Waals surface area contributed by atoms with Crippen molar-refractivity contribution in [1.29, 1.82) is 5.41 Å². The van der Waals surface area contributed by atoms with E-state index >= 15 is 0 Å². The highest BCUT2D eigenvalue weighted by atomic mass is 19.4. The second kappa shape index (κ2) is 16.8. The van der Waals surface area contributed by atoms with E-state index in [0.29, 0.717) is 30.4 Å². The molecule has 0 saturated heterocycles. The minimum atomic E-state index is -5.08. The fraction of sp³-hybridized carbons (Fsp3) is 0.448. The topological polar surface area (TPSA) is 150 Å². The first-order chi connectivity index (χ1) is 19.9. The van der Waals surface area contributed by atoms with Crippen molar-refractivity contribution in [2.24, 2.45) is 5.92 Å². The van der Waals surface area contributed by atoms with Crippen LogP contribution in [0.2, 0.25) is 0 Å². The smallest absolute Gasteiger partial charge is 0.490 e. The number of nitrogens with one attached hydrogen (secondary N) is 4. The van der Waals surface area contributed by atoms with E-state index in [1.165, 1.54) is 26.4 Å². The van der Waals surface area contributed by atoms with Crippen LogP contribution in [0.25, 0.3) is 0 Å². The van der Waals surface area contributed by atoms with Crippen LogP contribution in [0, 0.1) is 11.3 Å². The average Bonchev–Trinajstić information content (AvgIpc) is 2.96. The Hall–Kier alpha value is -4.29. The molecule has 0 bridgehead atoms. The molecule has 0 aliphatic heterocycles. The van der Waals surface area contributed by atoms with E-state index in [1.807, 2.05) is 30.3 Å². The number of alkyl halides is 3. The standard InChI is InChI=1S/C27H36N4O4.C2HF3O2/c1-34-23-14-13-21(16-24(23)35-2)17-25(32)31-27(28)30-22(15-19-9-5-3-6-10-19)26(33)29-18-20-11-7-4-8-12-20;3-2(4,5)1(6)7/h3,5-6,9-10,13-14,16,20,22H,4,7-8,11-12,15,17-18H2,1-2H3,(H,29,33)(H3,28,30,31,32);(H,6,7)/t22-;/m1./s1. The van der Waals surface area contributed by atoms with Crippen molar-refractivity contribution in [2.75, 3.05) is 20.8 Å². The Labute approximate surface area is 242 Å². The van der Waals surface area contributed by atoms with Crippen LogP contribution < -0.4 is 25.4 Å². The van der Waals surface area contributed by atoms with E-state index in [-0.39, 0.29) is 24.2 Å². The summed E-state index contributed by atoms with van der Waals surface area (Å²) in [5, 5.41) is 23.9. The van der Waals surface area contributed by atoms with E-state index in [1.54, 1.807) is 25.3 Å². The highest BCUT2D eigenvalue weighted by Gasteiger charge is 2.38. The molecule has 1 aliphatic carbocycles. The lowest BCUT2D eigenvalue weighted by molar-refractivity contribution is -0.192. The highest BCUT2D eigenvalue weighted by Crippen LogP contribution is 2.27. The number of halogens is 3. The van der Waals surface area contributed by atoms with Crippen LogP contribution in [0.1, 0.15) is 43.2 Å². The summed E-state index contributed by atoms with van der Waals surface area (Å²) in [6.45, 7) is 0.644. The molecule has 0 spiro atoms. The van der Waals surface area contributed by atoms with Crippen LogP contribution in [-0.2, 0) is 27.2 Å². The molecule has 1 aliphatic rings. The van der Waals surface area contributed by atoms with Gasteiger partial charge in [-0.15, -0.1) is 0 Å². The van der Waals surface area contributed by atoms with E-state index < -0.39 is 18.2 Å². The van der Waals surface area contributed by atoms with Gasteiger partial charge in [-0.1, -0.05) is 55.7 Å². The number of hydrogen-bond acceptors (Lipinski definition) is 6. The number of guanidine groups is 1. The molecular formula is C29H37F3N4O6. The number of methoxy groups -OCH3 is 2. The summed E-state index contributed by atoms with van der Waals surface area (Å²) in [5.41, 5.74) is 1.70. The van der Waals surface area contributed by atoms with Gasteiger partial charge in [0.15, 0.2) is 17.5 Å². The first-order valence-electron chi connectivity index (χ1n) is 13.4. The second-order valence-corrected chi connectivity index (χ2v) is 9.73. The summed E-state index contributed by atoms with van der Waals surface area (Å²) in [4.78, 5) is 34.5. The van der Waals surface area contributed by atoms with Gasteiger partial charge in [-0.2, -0.15) is 13.2 Å². The van der Waals surface area contributed by atoms with Crippen molar-refractivity contribution in [1.82, 2.24) is 16.0 Å². The largest absolute Gasteiger partial charge is 0.493 e. The number of carbonyl (C=O) groups excluding carboxylic acids is 2. The number of carboxylic acids is 1. The van der Waals surface area contributed by atoms with Crippen molar-refractivity contribution in [3.05, 3.63) is 59.7 Å². The lowest BCUT2D eigenvalue weighted by Gasteiger charge is -2.24. The van der Waals surface area contributed by atoms with Gasteiger partial charge in [0.05, 0.1) is 20.6 Å². The van der Waals surface area contributed by atoms with Gasteiger partial charge < -0.3 is 25.2 Å². The zero-order chi connectivity index (χ0) is 31.1. The summed E-state index contributed by atoms with van der Waals surface area (Å²) in [7, 11) is 3.09. The van der Waals surface area contributed by atoms with Crippen LogP contribution in [0.5, 0.6) is 11.5 Å². The SMILES string of the molecule is COc1ccc(CC(=O)NC(=N)N[C@H](Cc2ccccc2)C(=O)NCC2CCCCC2)cc1OC.O=C(O)C(F)(F)F. The molecule has 42 heavy (non-hydrogen) atoms. The number of aliphatic carboxylic acids is 1. The molecule has 1 fully saturated rings. The van der Waals surface area contributed by atoms with Gasteiger partial charge in [-0.25, -0.2) is 4.79 Å². The number of rotatable bonds is 10. The van der Waals surface area contributed by atoms with Gasteiger partial charge in [-0.05, 0) is 42.0 Å². The zero-order valence-electron chi connectivity index (χ0n) is 23.6. The molecule has 2 aromatic rings. The van der Waals surface area contributed by atoms with Crippen LogP contribution in [-0.4, -0.2) is 61.8 Å². The predicted octanol–water partition coefficient (Wildman–Crippen LogP) is 3.83. The summed E-state index contributed by atoms with van der Waals surface area (Å²) >= 11 is 0. The van der Waals surface area contributed by atoms with Gasteiger partial charge >= 0.3 is 12.1 Å². The minimum Gasteiger partial charge on any atom is -0.493 e. The Balaban J connectivity index is 0.000000782. The molecule has 13 heteroatoms. The third kappa shape index (κ3) is 12.1. The van der Waals surface area contributed by atoms with E-state index in [4.69, 9.17) is 24.8 Å². The quantitative estimate of drug-likeness (QED) is 0.207. The maximum atomic E-state index is 13.0. The van der Waals surface area contributed by atoms with Crippen molar-refractivity contribution < 1.29 is 42.1 Å². The molecule has 2 amide bonds. The highest BCUT2D eigenvalue weighted by molar-refractivity contribution is 5.98. The minimum absolute atomic E-state index is 0.0572. The Morgan fingerprint density at radius 3 is 2.17 bits per heavy atom. The molecule has 230 valence electrons. The fourth-order valence-electron chi connectivity index (χ4n) is 4.39. The van der Waals surface area contributed by atoms with Crippen LogP contribution in [0.4, 0.5) is 13.2 Å². The average molecular weight is 595 g/mol. The fourth-order valence-corrected chi connectivity index (χ4v) is 4.39. The Kier molecular flexibility index (Phi) is 13.6. The normalized spacial score (nSPS) is 13.9. The number of hydrogen-bond donors (Lipinski definition) is 5. The van der Waals surface area contributed by atoms with Crippen LogP contribution in [0.3, 0.4) is 0 Å². The van der Waals surface area contributed by atoms with Crippen molar-refractivity contribution >= 4 is 23.7 Å². The Morgan fingerprint density at radius 1 is 0.976 bits per heavy atom. The molecule has 0 heterocycles. The number of carboxylic acid groups (broad SMARTS) is 1. The lowest BCUT2D eigenvalue weighted by atomic mass is 9.89. The third-order valence-electron chi connectivity index (χ3n) is 6.53. The first kappa shape index (κ1) is 33.9. The zero-order valence-corrected chi connectivity index (χ0v) is 23.6. The molecule has 1 saturated carbocycles. The van der Waals surface area contributed by atoms with Gasteiger partial charge in [0.2, 0.25) is 11.8 Å². The molecule has 2 aromatic carbocycles. The van der Waals surface area contributed by atoms with Gasteiger partial charge in [0, 0.05) is 13.0 Å². The first-order valence-corrected chi connectivity index (χ1v) is 13.4. The van der Waals surface area contributed by atoms with Gasteiger partial charge in [0.25, 0.3) is 0 Å². The Morgan fingerprint density at radius 2 is 1.60 bits per heavy atom. The van der Waals surface area contributed by atoms with Crippen molar-refractivity contribution in [3.63, 3.8) is 0 Å². The molecule has 0 aromatic heterocycles. The van der Waals surface area contributed by atoms with Gasteiger partial charge in [0.1, 0.15) is 6.04 Å². The molecule has 0 radical (unpaired) electrons. The molecule has 5 N–H and O–H groups in total. The predicted molar refractivity (Wildman–Crippen MR) is 149 cm³/mol.